The molecule has 0 bridgehead atoms. The molecule has 2 aromatic carbocycles. The summed E-state index contributed by atoms with van der Waals surface area (Å²) in [5.41, 5.74) is 2.93. The Hall–Kier alpha value is -3.28. The highest BCUT2D eigenvalue weighted by Crippen LogP contribution is 2.40. The number of aromatic nitrogens is 1. The van der Waals surface area contributed by atoms with Crippen molar-refractivity contribution in [3.05, 3.63) is 51.5 Å². The van der Waals surface area contributed by atoms with Crippen molar-refractivity contribution in [2.45, 2.75) is 31.8 Å². The number of rotatable bonds is 8. The van der Waals surface area contributed by atoms with Gasteiger partial charge in [-0.3, -0.25) is 9.59 Å². The lowest BCUT2D eigenvalue weighted by atomic mass is 10.1. The molecule has 2 aliphatic rings. The number of fused-ring (bicyclic) bond motifs is 2. The molecule has 1 aromatic heterocycles. The van der Waals surface area contributed by atoms with Crippen molar-refractivity contribution in [2.24, 2.45) is 10.2 Å². The van der Waals surface area contributed by atoms with Crippen LogP contribution in [0, 0.1) is 0 Å². The third-order valence-electron chi connectivity index (χ3n) is 6.62. The summed E-state index contributed by atoms with van der Waals surface area (Å²) in [5, 5.41) is 31.3. The summed E-state index contributed by atoms with van der Waals surface area (Å²) in [5.74, 6) is -0.0750. The highest BCUT2D eigenvalue weighted by Gasteiger charge is 2.20. The number of aromatic hydroxyl groups is 1. The van der Waals surface area contributed by atoms with Gasteiger partial charge >= 0.3 is 0 Å². The number of amides is 2. The van der Waals surface area contributed by atoms with Crippen LogP contribution in [0.4, 0.5) is 5.69 Å². The maximum absolute atomic E-state index is 12.7. The number of benzene rings is 2. The molecule has 0 unspecified atom stereocenters. The molecule has 0 radical (unpaired) electrons. The Balaban J connectivity index is 1.22. The Bertz CT molecular complexity index is 1370. The molecule has 0 aliphatic carbocycles. The van der Waals surface area contributed by atoms with Gasteiger partial charge in [-0.2, -0.15) is 0 Å². The molecular formula is C26H28BrN5O5. The van der Waals surface area contributed by atoms with E-state index in [1.807, 2.05) is 18.2 Å². The molecule has 1 atom stereocenters. The number of azo groups is 1. The van der Waals surface area contributed by atoms with Crippen LogP contribution in [0.3, 0.4) is 0 Å². The minimum Gasteiger partial charge on any atom is -0.493 e. The highest BCUT2D eigenvalue weighted by molar-refractivity contribution is 9.10. The van der Waals surface area contributed by atoms with Gasteiger partial charge in [-0.05, 0) is 64.6 Å². The monoisotopic (exact) mass is 569 g/mol. The minimum atomic E-state index is -0.442. The number of hydrogen-bond acceptors (Lipinski definition) is 7. The van der Waals surface area contributed by atoms with Crippen LogP contribution in [0.1, 0.15) is 34.3 Å². The number of β-amino-alcohol motifs (C(OH)–C–C–N with tert-alkyl or cyclic N) is 1. The van der Waals surface area contributed by atoms with Gasteiger partial charge in [0.2, 0.25) is 5.88 Å². The Morgan fingerprint density at radius 3 is 2.95 bits per heavy atom. The molecule has 0 spiro atoms. The lowest BCUT2D eigenvalue weighted by Gasteiger charge is -2.14. The van der Waals surface area contributed by atoms with E-state index in [-0.39, 0.29) is 30.0 Å². The molecule has 10 nitrogen and oxygen atoms in total. The number of ether oxygens (including phenoxy) is 1. The van der Waals surface area contributed by atoms with Crippen molar-refractivity contribution >= 4 is 44.3 Å². The first-order valence-corrected chi connectivity index (χ1v) is 13.1. The Kier molecular flexibility index (Phi) is 7.54. The van der Waals surface area contributed by atoms with E-state index in [1.54, 1.807) is 12.1 Å². The van der Waals surface area contributed by atoms with E-state index in [0.29, 0.717) is 40.6 Å². The number of aromatic amines is 1. The fourth-order valence-corrected chi connectivity index (χ4v) is 5.42. The number of nitrogens with one attached hydrogen (secondary N) is 2. The molecule has 11 heteroatoms. The first kappa shape index (κ1) is 25.4. The van der Waals surface area contributed by atoms with Gasteiger partial charge in [0.15, 0.2) is 5.69 Å². The normalized spacial score (nSPS) is 17.4. The van der Waals surface area contributed by atoms with Crippen molar-refractivity contribution in [3.8, 4) is 11.6 Å². The van der Waals surface area contributed by atoms with Crippen molar-refractivity contribution < 1.29 is 24.5 Å². The first-order chi connectivity index (χ1) is 17.9. The summed E-state index contributed by atoms with van der Waals surface area (Å²) in [7, 11) is 0. The largest absolute Gasteiger partial charge is 0.493 e. The summed E-state index contributed by atoms with van der Waals surface area (Å²) in [6, 6.07) is 8.91. The van der Waals surface area contributed by atoms with Gasteiger partial charge < -0.3 is 30.2 Å². The molecule has 37 heavy (non-hydrogen) atoms. The Morgan fingerprint density at radius 1 is 1.27 bits per heavy atom. The zero-order chi connectivity index (χ0) is 25.9. The molecule has 3 aromatic rings. The molecule has 0 saturated carbocycles. The van der Waals surface area contributed by atoms with Crippen molar-refractivity contribution in [1.82, 2.24) is 15.2 Å². The van der Waals surface area contributed by atoms with Crippen LogP contribution in [-0.4, -0.2) is 70.8 Å². The topological polar surface area (TPSA) is 140 Å². The maximum atomic E-state index is 12.7. The fourth-order valence-electron chi connectivity index (χ4n) is 4.77. The number of H-pyrrole nitrogens is 1. The number of likely N-dealkylation sites (tertiary alicyclic amines) is 1. The lowest BCUT2D eigenvalue weighted by molar-refractivity contribution is -0.117. The van der Waals surface area contributed by atoms with E-state index in [9.17, 15) is 19.8 Å². The number of carbonyl (C=O) groups excluding carboxylic acids is 2. The number of carbonyl (C=O) groups is 2. The number of halogens is 1. The molecule has 2 aliphatic heterocycles. The van der Waals surface area contributed by atoms with E-state index in [1.165, 1.54) is 0 Å². The number of aliphatic hydroxyl groups excluding tert-OH is 1. The van der Waals surface area contributed by atoms with Gasteiger partial charge in [0.25, 0.3) is 11.8 Å². The van der Waals surface area contributed by atoms with E-state index < -0.39 is 5.91 Å². The predicted octanol–water partition coefficient (Wildman–Crippen LogP) is 3.61. The molecule has 1 fully saturated rings. The molecular weight excluding hydrogens is 542 g/mol. The zero-order valence-corrected chi connectivity index (χ0v) is 21.8. The summed E-state index contributed by atoms with van der Waals surface area (Å²) in [6.45, 7) is 3.54. The van der Waals surface area contributed by atoms with Crippen molar-refractivity contribution in [1.29, 1.82) is 0 Å². The summed E-state index contributed by atoms with van der Waals surface area (Å²) < 4.78 is 6.03. The van der Waals surface area contributed by atoms with E-state index in [2.05, 4.69) is 41.4 Å². The van der Waals surface area contributed by atoms with Crippen LogP contribution in [0.25, 0.3) is 10.9 Å². The van der Waals surface area contributed by atoms with Gasteiger partial charge in [0, 0.05) is 41.5 Å². The number of nitrogens with zero attached hydrogens (tertiary/aromatic N) is 3. The Morgan fingerprint density at radius 2 is 2.14 bits per heavy atom. The number of aliphatic hydroxyl groups is 1. The van der Waals surface area contributed by atoms with Gasteiger partial charge in [-0.1, -0.05) is 12.1 Å². The standard InChI is InChI=1S/C26H28BrN5O5/c27-19-12-17(25(35)28-6-1-7-32-8-4-18(33)14-32)13-20-23(19)24(26(36)29-20)31-30-22(34)11-15-2-3-21-16(10-15)5-9-37-21/h2-3,10,12-13,18,29,33,36H,1,4-9,11,14H2,(H,28,35)/t18-/m0/s1. The van der Waals surface area contributed by atoms with Gasteiger partial charge in [-0.25, -0.2) is 0 Å². The molecule has 5 rings (SSSR count). The van der Waals surface area contributed by atoms with Crippen LogP contribution >= 0.6 is 15.9 Å². The highest BCUT2D eigenvalue weighted by atomic mass is 79.9. The minimum absolute atomic E-state index is 0.0870. The molecule has 2 amide bonds. The second-order valence-corrected chi connectivity index (χ2v) is 10.2. The van der Waals surface area contributed by atoms with E-state index in [0.717, 1.165) is 49.2 Å². The van der Waals surface area contributed by atoms with Gasteiger partial charge in [0.05, 0.1) is 24.6 Å². The van der Waals surface area contributed by atoms with Crippen molar-refractivity contribution in [2.75, 3.05) is 32.8 Å². The second kappa shape index (κ2) is 11.0. The fraction of sp³-hybridized carbons (Fsp3) is 0.385. The smallest absolute Gasteiger partial charge is 0.269 e. The third-order valence-corrected chi connectivity index (χ3v) is 7.25. The average molecular weight is 570 g/mol. The van der Waals surface area contributed by atoms with Gasteiger partial charge in [-0.15, -0.1) is 10.2 Å². The van der Waals surface area contributed by atoms with E-state index >= 15 is 0 Å². The average Bonchev–Trinajstić information content (AvgIpc) is 3.58. The van der Waals surface area contributed by atoms with Crippen LogP contribution < -0.4 is 10.1 Å². The zero-order valence-electron chi connectivity index (χ0n) is 20.2. The third kappa shape index (κ3) is 5.84. The molecule has 1 saturated heterocycles. The molecule has 3 heterocycles. The van der Waals surface area contributed by atoms with Crippen LogP contribution in [0.2, 0.25) is 0 Å². The Labute approximate surface area is 221 Å². The quantitative estimate of drug-likeness (QED) is 0.241. The second-order valence-electron chi connectivity index (χ2n) is 9.37. The summed E-state index contributed by atoms with van der Waals surface area (Å²) in [4.78, 5) is 30.1. The summed E-state index contributed by atoms with van der Waals surface area (Å²) in [6.07, 6.45) is 2.23. The van der Waals surface area contributed by atoms with Crippen LogP contribution in [-0.2, 0) is 17.6 Å². The number of hydrogen-bond donors (Lipinski definition) is 4. The van der Waals surface area contributed by atoms with Crippen LogP contribution in [0.15, 0.2) is 45.0 Å². The van der Waals surface area contributed by atoms with Crippen LogP contribution in [0.5, 0.6) is 11.6 Å². The van der Waals surface area contributed by atoms with Gasteiger partial charge in [0.1, 0.15) is 5.75 Å². The maximum Gasteiger partial charge on any atom is 0.269 e. The van der Waals surface area contributed by atoms with E-state index in [4.69, 9.17) is 4.74 Å². The molecule has 4 N–H and O–H groups in total. The lowest BCUT2D eigenvalue weighted by Crippen LogP contribution is -2.29. The molecule has 194 valence electrons. The predicted molar refractivity (Wildman–Crippen MR) is 141 cm³/mol. The first-order valence-electron chi connectivity index (χ1n) is 12.3. The van der Waals surface area contributed by atoms with Crippen molar-refractivity contribution in [3.63, 3.8) is 0 Å². The SMILES string of the molecule is O=C(Cc1ccc2c(c1)CCO2)N=Nc1c(O)[nH]c2cc(C(=O)NCCCN3CC[C@H](O)C3)cc(Br)c12. The summed E-state index contributed by atoms with van der Waals surface area (Å²) >= 11 is 3.46.